The number of nitrogens with zero attached hydrogens (tertiary/aromatic N) is 1. The molecule has 0 aliphatic carbocycles. The fourth-order valence-corrected chi connectivity index (χ4v) is 1.50. The molecule has 0 bridgehead atoms. The lowest BCUT2D eigenvalue weighted by molar-refractivity contribution is -0.140. The first kappa shape index (κ1) is 14.2. The summed E-state index contributed by atoms with van der Waals surface area (Å²) in [4.78, 5) is 24.2. The van der Waals surface area contributed by atoms with E-state index in [0.29, 0.717) is 13.0 Å². The highest BCUT2D eigenvalue weighted by atomic mass is 19.1. The molecule has 0 atom stereocenters. The van der Waals surface area contributed by atoms with Gasteiger partial charge in [-0.2, -0.15) is 0 Å². The third-order valence-corrected chi connectivity index (χ3v) is 2.55. The van der Waals surface area contributed by atoms with Gasteiger partial charge in [0.25, 0.3) is 5.91 Å². The molecule has 0 radical (unpaired) electrons. The van der Waals surface area contributed by atoms with Crippen molar-refractivity contribution in [1.82, 2.24) is 4.90 Å². The smallest absolute Gasteiger partial charge is 0.305 e. The van der Waals surface area contributed by atoms with Crippen molar-refractivity contribution in [3.63, 3.8) is 0 Å². The van der Waals surface area contributed by atoms with Gasteiger partial charge in [0.2, 0.25) is 0 Å². The van der Waals surface area contributed by atoms with Crippen molar-refractivity contribution in [3.05, 3.63) is 35.6 Å². The third kappa shape index (κ3) is 3.84. The monoisotopic (exact) mass is 253 g/mol. The van der Waals surface area contributed by atoms with E-state index < -0.39 is 11.7 Å². The molecule has 18 heavy (non-hydrogen) atoms. The van der Waals surface area contributed by atoms with Crippen LogP contribution in [0, 0.1) is 5.82 Å². The molecule has 0 saturated carbocycles. The number of rotatable bonds is 5. The number of carbonyl (C=O) groups is 2. The van der Waals surface area contributed by atoms with Crippen molar-refractivity contribution in [1.29, 1.82) is 0 Å². The maximum atomic E-state index is 13.4. The van der Waals surface area contributed by atoms with Crippen molar-refractivity contribution in [2.75, 3.05) is 20.7 Å². The summed E-state index contributed by atoms with van der Waals surface area (Å²) in [5.41, 5.74) is 0.0399. The summed E-state index contributed by atoms with van der Waals surface area (Å²) in [6.07, 6.45) is 0.731. The van der Waals surface area contributed by atoms with Crippen LogP contribution in [0.25, 0.3) is 0 Å². The fraction of sp³-hybridized carbons (Fsp3) is 0.385. The zero-order chi connectivity index (χ0) is 13.5. The second-order valence-corrected chi connectivity index (χ2v) is 3.89. The number of amides is 1. The number of hydrogen-bond donors (Lipinski definition) is 0. The van der Waals surface area contributed by atoms with Gasteiger partial charge in [-0.25, -0.2) is 4.39 Å². The molecular weight excluding hydrogens is 237 g/mol. The topological polar surface area (TPSA) is 46.6 Å². The van der Waals surface area contributed by atoms with Gasteiger partial charge in [0, 0.05) is 20.0 Å². The van der Waals surface area contributed by atoms with E-state index >= 15 is 0 Å². The summed E-state index contributed by atoms with van der Waals surface area (Å²) < 4.78 is 17.9. The fourth-order valence-electron chi connectivity index (χ4n) is 1.50. The van der Waals surface area contributed by atoms with Crippen LogP contribution in [0.1, 0.15) is 23.2 Å². The molecule has 0 spiro atoms. The summed E-state index contributed by atoms with van der Waals surface area (Å²) in [5, 5.41) is 0. The van der Waals surface area contributed by atoms with E-state index in [4.69, 9.17) is 0 Å². The second-order valence-electron chi connectivity index (χ2n) is 3.89. The molecule has 0 aromatic heterocycles. The van der Waals surface area contributed by atoms with E-state index in [-0.39, 0.29) is 18.0 Å². The Morgan fingerprint density at radius 1 is 1.33 bits per heavy atom. The maximum absolute atomic E-state index is 13.4. The predicted molar refractivity (Wildman–Crippen MR) is 64.6 cm³/mol. The third-order valence-electron chi connectivity index (χ3n) is 2.55. The number of hydrogen-bond acceptors (Lipinski definition) is 3. The van der Waals surface area contributed by atoms with Gasteiger partial charge in [0.05, 0.1) is 12.7 Å². The summed E-state index contributed by atoms with van der Waals surface area (Å²) in [5.74, 6) is -1.25. The molecular formula is C13H16FNO3. The quantitative estimate of drug-likeness (QED) is 0.752. The van der Waals surface area contributed by atoms with E-state index in [1.165, 1.54) is 30.2 Å². The van der Waals surface area contributed by atoms with Crippen LogP contribution in [0.4, 0.5) is 4.39 Å². The van der Waals surface area contributed by atoms with E-state index in [1.807, 2.05) is 0 Å². The molecule has 5 heteroatoms. The standard InChI is InChI=1S/C13H16FNO3/c1-15(9-5-8-12(16)18-2)13(17)10-6-3-4-7-11(10)14/h3-4,6-7H,5,8-9H2,1-2H3. The molecule has 98 valence electrons. The molecule has 0 N–H and O–H groups in total. The predicted octanol–water partition coefficient (Wildman–Crippen LogP) is 1.85. The minimum atomic E-state index is -0.540. The number of carbonyl (C=O) groups excluding carboxylic acids is 2. The van der Waals surface area contributed by atoms with E-state index in [9.17, 15) is 14.0 Å². The first-order valence-electron chi connectivity index (χ1n) is 5.63. The molecule has 0 fully saturated rings. The highest BCUT2D eigenvalue weighted by Crippen LogP contribution is 2.09. The summed E-state index contributed by atoms with van der Waals surface area (Å²) in [7, 11) is 2.89. The summed E-state index contributed by atoms with van der Waals surface area (Å²) in [6, 6.07) is 5.83. The molecule has 1 amide bonds. The lowest BCUT2D eigenvalue weighted by atomic mass is 10.2. The molecule has 0 saturated heterocycles. The molecule has 0 aliphatic rings. The van der Waals surface area contributed by atoms with Crippen LogP contribution >= 0.6 is 0 Å². The zero-order valence-corrected chi connectivity index (χ0v) is 10.5. The molecule has 1 rings (SSSR count). The van der Waals surface area contributed by atoms with Crippen LogP contribution < -0.4 is 0 Å². The first-order chi connectivity index (χ1) is 8.56. The van der Waals surface area contributed by atoms with Crippen molar-refractivity contribution in [2.24, 2.45) is 0 Å². The Bertz CT molecular complexity index is 434. The zero-order valence-electron chi connectivity index (χ0n) is 10.5. The normalized spacial score (nSPS) is 9.94. The first-order valence-corrected chi connectivity index (χ1v) is 5.63. The van der Waals surface area contributed by atoms with Crippen LogP contribution in [-0.2, 0) is 9.53 Å². The molecule has 1 aromatic carbocycles. The number of ether oxygens (including phenoxy) is 1. The average Bonchev–Trinajstić information content (AvgIpc) is 2.38. The molecule has 4 nitrogen and oxygen atoms in total. The minimum Gasteiger partial charge on any atom is -0.469 e. The highest BCUT2D eigenvalue weighted by molar-refractivity contribution is 5.94. The Kier molecular flexibility index (Phi) is 5.30. The SMILES string of the molecule is COC(=O)CCCN(C)C(=O)c1ccccc1F. The lowest BCUT2D eigenvalue weighted by Crippen LogP contribution is -2.28. The van der Waals surface area contributed by atoms with Crippen molar-refractivity contribution in [3.8, 4) is 0 Å². The van der Waals surface area contributed by atoms with Gasteiger partial charge in [-0.15, -0.1) is 0 Å². The van der Waals surface area contributed by atoms with Crippen molar-refractivity contribution in [2.45, 2.75) is 12.8 Å². The van der Waals surface area contributed by atoms with Crippen molar-refractivity contribution < 1.29 is 18.7 Å². The molecule has 0 heterocycles. The Labute approximate surface area is 105 Å². The van der Waals surface area contributed by atoms with Crippen LogP contribution in [0.3, 0.4) is 0 Å². The van der Waals surface area contributed by atoms with Crippen LogP contribution in [0.15, 0.2) is 24.3 Å². The van der Waals surface area contributed by atoms with Crippen LogP contribution in [0.2, 0.25) is 0 Å². The lowest BCUT2D eigenvalue weighted by Gasteiger charge is -2.17. The van der Waals surface area contributed by atoms with Crippen LogP contribution in [0.5, 0.6) is 0 Å². The Hall–Kier alpha value is -1.91. The van der Waals surface area contributed by atoms with Gasteiger partial charge in [0.15, 0.2) is 0 Å². The number of esters is 1. The molecule has 0 unspecified atom stereocenters. The molecule has 0 aliphatic heterocycles. The van der Waals surface area contributed by atoms with Gasteiger partial charge >= 0.3 is 5.97 Å². The maximum Gasteiger partial charge on any atom is 0.305 e. The van der Waals surface area contributed by atoms with Crippen LogP contribution in [-0.4, -0.2) is 37.5 Å². The largest absolute Gasteiger partial charge is 0.469 e. The number of methoxy groups -OCH3 is 1. The molecule has 1 aromatic rings. The van der Waals surface area contributed by atoms with Gasteiger partial charge < -0.3 is 9.64 Å². The Balaban J connectivity index is 2.52. The Morgan fingerprint density at radius 2 is 2.00 bits per heavy atom. The minimum absolute atomic E-state index is 0.0399. The van der Waals surface area contributed by atoms with Gasteiger partial charge in [-0.05, 0) is 18.6 Å². The highest BCUT2D eigenvalue weighted by Gasteiger charge is 2.15. The van der Waals surface area contributed by atoms with Crippen molar-refractivity contribution >= 4 is 11.9 Å². The van der Waals surface area contributed by atoms with E-state index in [0.717, 1.165) is 0 Å². The number of benzene rings is 1. The number of halogens is 1. The van der Waals surface area contributed by atoms with Gasteiger partial charge in [-0.3, -0.25) is 9.59 Å². The van der Waals surface area contributed by atoms with Gasteiger partial charge in [0.1, 0.15) is 5.82 Å². The van der Waals surface area contributed by atoms with E-state index in [2.05, 4.69) is 4.74 Å². The van der Waals surface area contributed by atoms with E-state index in [1.54, 1.807) is 13.1 Å². The summed E-state index contributed by atoms with van der Waals surface area (Å²) in [6.45, 7) is 0.377. The summed E-state index contributed by atoms with van der Waals surface area (Å²) >= 11 is 0. The Morgan fingerprint density at radius 3 is 2.61 bits per heavy atom. The average molecular weight is 253 g/mol. The second kappa shape index (κ2) is 6.74. The van der Waals surface area contributed by atoms with Gasteiger partial charge in [-0.1, -0.05) is 12.1 Å².